The van der Waals surface area contributed by atoms with Gasteiger partial charge in [-0.1, -0.05) is 67.7 Å². The van der Waals surface area contributed by atoms with Crippen molar-refractivity contribution in [3.05, 3.63) is 99.6 Å². The van der Waals surface area contributed by atoms with Crippen molar-refractivity contribution >= 4 is 53.4 Å². The molecule has 5 atom stereocenters. The number of anilines is 1. The largest absolute Gasteiger partial charge is 0.497 e. The Morgan fingerprint density at radius 2 is 1.87 bits per heavy atom. The fraction of sp³-hybridized carbons (Fsp3) is 0.389. The molecule has 45 heavy (non-hydrogen) atoms. The van der Waals surface area contributed by atoms with Gasteiger partial charge in [0, 0.05) is 28.1 Å². The van der Waals surface area contributed by atoms with Crippen LogP contribution in [0.1, 0.15) is 30.0 Å². The monoisotopic (exact) mass is 736 g/mol. The summed E-state index contributed by atoms with van der Waals surface area (Å²) < 4.78 is 13.6. The lowest BCUT2D eigenvalue weighted by Crippen LogP contribution is -2.52. The van der Waals surface area contributed by atoms with Gasteiger partial charge in [0.05, 0.1) is 46.0 Å². The summed E-state index contributed by atoms with van der Waals surface area (Å²) in [6.45, 7) is 11.4. The van der Waals surface area contributed by atoms with Gasteiger partial charge in [-0.05, 0) is 76.0 Å². The molecule has 3 aliphatic heterocycles. The molecule has 0 radical (unpaired) electrons. The number of rotatable bonds is 8. The van der Waals surface area contributed by atoms with Crippen molar-refractivity contribution in [3.63, 3.8) is 0 Å². The molecule has 1 spiro atoms. The third-order valence-corrected chi connectivity index (χ3v) is 15.4. The van der Waals surface area contributed by atoms with E-state index in [0.29, 0.717) is 19.5 Å². The predicted octanol–water partition coefficient (Wildman–Crippen LogP) is 5.38. The van der Waals surface area contributed by atoms with E-state index in [-0.39, 0.29) is 42.3 Å². The Labute approximate surface area is 280 Å². The van der Waals surface area contributed by atoms with Gasteiger partial charge in [0.15, 0.2) is 5.60 Å². The van der Waals surface area contributed by atoms with E-state index < -0.39 is 19.8 Å². The number of fused-ring (bicyclic) bond motifs is 3. The highest BCUT2D eigenvalue weighted by atomic mass is 127. The Hall–Kier alpha value is -2.99. The van der Waals surface area contributed by atoms with Gasteiger partial charge in [-0.3, -0.25) is 9.59 Å². The Morgan fingerprint density at radius 3 is 2.53 bits per heavy atom. The van der Waals surface area contributed by atoms with E-state index in [4.69, 9.17) is 9.47 Å². The number of aliphatic hydroxyl groups is 1. The summed E-state index contributed by atoms with van der Waals surface area (Å²) in [7, 11) is -0.739. The van der Waals surface area contributed by atoms with Gasteiger partial charge in [-0.15, -0.1) is 6.58 Å². The van der Waals surface area contributed by atoms with Crippen molar-refractivity contribution in [2.75, 3.05) is 25.2 Å². The zero-order valence-corrected chi connectivity index (χ0v) is 29.5. The molecule has 0 saturated carbocycles. The minimum atomic E-state index is -2.40. The van der Waals surface area contributed by atoms with Gasteiger partial charge in [0.1, 0.15) is 5.75 Å². The number of carbonyl (C=O) groups excluding carboxylic acids is 2. The maximum Gasteiger partial charge on any atom is 0.264 e. The SMILES string of the molecule is C=CCN1C(=O)[C@]2(O[C@H](CC(=O)N3Cc4ccccc4C[C@H]3CO)[C@@H]([Si](C)(C)c3ccc(OC)cc3)[C@@H]2C)c2cc(I)ccc21. The highest BCUT2D eigenvalue weighted by molar-refractivity contribution is 14.1. The predicted molar refractivity (Wildman–Crippen MR) is 187 cm³/mol. The van der Waals surface area contributed by atoms with Crippen molar-refractivity contribution < 1.29 is 24.2 Å². The van der Waals surface area contributed by atoms with E-state index in [1.165, 1.54) is 10.8 Å². The molecule has 1 N–H and O–H groups in total. The first-order valence-corrected chi connectivity index (χ1v) is 19.7. The van der Waals surface area contributed by atoms with E-state index in [0.717, 1.165) is 26.1 Å². The van der Waals surface area contributed by atoms with Crippen LogP contribution in [-0.4, -0.2) is 62.3 Å². The number of hydrogen-bond donors (Lipinski definition) is 1. The highest BCUT2D eigenvalue weighted by Gasteiger charge is 2.66. The van der Waals surface area contributed by atoms with Crippen molar-refractivity contribution in [1.82, 2.24) is 4.90 Å². The smallest absolute Gasteiger partial charge is 0.264 e. The van der Waals surface area contributed by atoms with Gasteiger partial charge >= 0.3 is 0 Å². The zero-order chi connectivity index (χ0) is 32.1. The van der Waals surface area contributed by atoms with Crippen molar-refractivity contribution in [3.8, 4) is 5.75 Å². The van der Waals surface area contributed by atoms with Gasteiger partial charge in [0.2, 0.25) is 5.91 Å². The number of halogens is 1. The molecule has 2 amide bonds. The quantitative estimate of drug-likeness (QED) is 0.191. The van der Waals surface area contributed by atoms with Crippen LogP contribution in [0.3, 0.4) is 0 Å². The van der Waals surface area contributed by atoms with Gasteiger partial charge in [0.25, 0.3) is 5.91 Å². The minimum Gasteiger partial charge on any atom is -0.497 e. The summed E-state index contributed by atoms with van der Waals surface area (Å²) in [5.41, 5.74) is 2.71. The van der Waals surface area contributed by atoms with Crippen LogP contribution in [0.15, 0.2) is 79.4 Å². The Morgan fingerprint density at radius 1 is 1.16 bits per heavy atom. The third kappa shape index (κ3) is 5.25. The third-order valence-electron chi connectivity index (χ3n) is 10.4. The standard InChI is InChI=1S/C36H41IN2O5Si/c1-6-17-38-31-16-11-26(37)19-30(31)36(35(38)42)23(2)34(45(4,5)29-14-12-28(43-3)13-15-29)32(44-36)20-33(41)39-21-25-10-8-7-9-24(25)18-27(39)22-40/h6-16,19,23,27,32,34,40H,1,17-18,20-22H2,2-5H3/t23-,27-,32+,34-,36+/m0/s1. The number of methoxy groups -OCH3 is 1. The van der Waals surface area contributed by atoms with Crippen LogP contribution >= 0.6 is 22.6 Å². The summed E-state index contributed by atoms with van der Waals surface area (Å²) in [6, 6.07) is 22.1. The lowest BCUT2D eigenvalue weighted by atomic mass is 9.82. The molecule has 3 heterocycles. The summed E-state index contributed by atoms with van der Waals surface area (Å²) in [5, 5.41) is 11.6. The highest BCUT2D eigenvalue weighted by Crippen LogP contribution is 2.60. The van der Waals surface area contributed by atoms with Gasteiger partial charge in [-0.25, -0.2) is 0 Å². The summed E-state index contributed by atoms with van der Waals surface area (Å²) in [4.78, 5) is 32.5. The first-order valence-electron chi connectivity index (χ1n) is 15.6. The average molecular weight is 737 g/mol. The Bertz CT molecular complexity index is 1630. The maximum atomic E-state index is 14.6. The van der Waals surface area contributed by atoms with Crippen LogP contribution in [0, 0.1) is 9.49 Å². The van der Waals surface area contributed by atoms with Crippen LogP contribution < -0.4 is 14.8 Å². The Kier molecular flexibility index (Phi) is 8.75. The van der Waals surface area contributed by atoms with Crippen LogP contribution in [0.4, 0.5) is 5.69 Å². The molecule has 0 aromatic heterocycles. The van der Waals surface area contributed by atoms with E-state index >= 15 is 0 Å². The molecule has 0 bridgehead atoms. The lowest BCUT2D eigenvalue weighted by Gasteiger charge is -2.39. The van der Waals surface area contributed by atoms with Crippen LogP contribution in [0.5, 0.6) is 5.75 Å². The molecule has 1 fully saturated rings. The second-order valence-electron chi connectivity index (χ2n) is 13.1. The van der Waals surface area contributed by atoms with Crippen molar-refractivity contribution in [2.24, 2.45) is 5.92 Å². The molecule has 236 valence electrons. The first-order chi connectivity index (χ1) is 21.6. The van der Waals surface area contributed by atoms with Crippen LogP contribution in [-0.2, 0) is 32.9 Å². The minimum absolute atomic E-state index is 0.0569. The number of hydrogen-bond acceptors (Lipinski definition) is 5. The molecule has 3 aromatic carbocycles. The molecule has 6 rings (SSSR count). The number of ether oxygens (including phenoxy) is 2. The lowest BCUT2D eigenvalue weighted by molar-refractivity contribution is -0.150. The normalized spacial score (nSPS) is 25.8. The second-order valence-corrected chi connectivity index (χ2v) is 19.0. The topological polar surface area (TPSA) is 79.3 Å². The number of carbonyl (C=O) groups is 2. The summed E-state index contributed by atoms with van der Waals surface area (Å²) in [5.74, 6) is 0.441. The number of amides is 2. The fourth-order valence-electron chi connectivity index (χ4n) is 8.13. The average Bonchev–Trinajstić information content (AvgIpc) is 3.46. The van der Waals surface area contributed by atoms with E-state index in [2.05, 4.69) is 79.5 Å². The summed E-state index contributed by atoms with van der Waals surface area (Å²) in [6.07, 6.45) is 2.00. The number of aliphatic hydroxyl groups excluding tert-OH is 1. The molecular weight excluding hydrogens is 695 g/mol. The molecule has 1 saturated heterocycles. The summed E-state index contributed by atoms with van der Waals surface area (Å²) >= 11 is 2.29. The maximum absolute atomic E-state index is 14.6. The van der Waals surface area contributed by atoms with E-state index in [1.807, 2.05) is 41.3 Å². The molecule has 0 aliphatic carbocycles. The van der Waals surface area contributed by atoms with Crippen LogP contribution in [0.25, 0.3) is 0 Å². The number of benzene rings is 3. The second kappa shape index (κ2) is 12.3. The number of nitrogens with zero attached hydrogens (tertiary/aromatic N) is 2. The molecular formula is C36H41IN2O5Si. The zero-order valence-electron chi connectivity index (χ0n) is 26.3. The van der Waals surface area contributed by atoms with E-state index in [9.17, 15) is 14.7 Å². The van der Waals surface area contributed by atoms with Crippen molar-refractivity contribution in [1.29, 1.82) is 0 Å². The fourth-order valence-corrected chi connectivity index (χ4v) is 12.6. The van der Waals surface area contributed by atoms with Crippen molar-refractivity contribution in [2.45, 2.75) is 62.7 Å². The van der Waals surface area contributed by atoms with Gasteiger partial charge in [-0.2, -0.15) is 0 Å². The molecule has 7 nitrogen and oxygen atoms in total. The molecule has 0 unspecified atom stereocenters. The first kappa shape index (κ1) is 32.0. The molecule has 3 aliphatic rings. The molecule has 9 heteroatoms. The van der Waals surface area contributed by atoms with Gasteiger partial charge < -0.3 is 24.4 Å². The Balaban J connectivity index is 1.43. The van der Waals surface area contributed by atoms with E-state index in [1.54, 1.807) is 18.1 Å². The molecule has 3 aromatic rings. The van der Waals surface area contributed by atoms with Crippen LogP contribution in [0.2, 0.25) is 18.6 Å².